The third kappa shape index (κ3) is 1.76. The van der Waals surface area contributed by atoms with Crippen LogP contribution in [-0.4, -0.2) is 23.3 Å². The Hall–Kier alpha value is -1.55. The number of carbonyl (C=O) groups is 1. The van der Waals surface area contributed by atoms with E-state index in [0.717, 1.165) is 5.56 Å². The van der Waals surface area contributed by atoms with Gasteiger partial charge in [-0.15, -0.1) is 0 Å². The zero-order chi connectivity index (χ0) is 11.7. The number of carbonyl (C=O) groups excluding carboxylic acids is 1. The molecule has 0 aromatic heterocycles. The van der Waals surface area contributed by atoms with Gasteiger partial charge in [0.05, 0.1) is 0 Å². The highest BCUT2D eigenvalue weighted by molar-refractivity contribution is 6.30. The summed E-state index contributed by atoms with van der Waals surface area (Å²) in [6, 6.07) is 6.68. The summed E-state index contributed by atoms with van der Waals surface area (Å²) in [4.78, 5) is 13.1. The van der Waals surface area contributed by atoms with Gasteiger partial charge in [0, 0.05) is 11.6 Å². The third-order valence-electron chi connectivity index (χ3n) is 2.61. The number of likely N-dealkylation sites (N-methyl/N-ethyl adjacent to an activating group) is 1. The van der Waals surface area contributed by atoms with Gasteiger partial charge < -0.3 is 4.90 Å². The molecule has 2 N–H and O–H groups in total. The minimum atomic E-state index is -0.310. The number of nitrogens with zero attached hydrogens (tertiary/aromatic N) is 1. The fourth-order valence-corrected chi connectivity index (χ4v) is 1.97. The Balaban J connectivity index is 2.35. The number of rotatable bonds is 2. The molecule has 0 radical (unpaired) electrons. The van der Waals surface area contributed by atoms with E-state index in [1.165, 1.54) is 0 Å². The first-order valence-corrected chi connectivity index (χ1v) is 5.42. The van der Waals surface area contributed by atoms with Crippen LogP contribution in [0.5, 0.6) is 0 Å². The molecule has 1 saturated heterocycles. The summed E-state index contributed by atoms with van der Waals surface area (Å²) in [7, 11) is 0. The summed E-state index contributed by atoms with van der Waals surface area (Å²) < 4.78 is 0. The van der Waals surface area contributed by atoms with Crippen LogP contribution in [0, 0.1) is 5.41 Å². The minimum Gasteiger partial charge on any atom is -0.310 e. The van der Waals surface area contributed by atoms with Crippen molar-refractivity contribution in [3.8, 4) is 0 Å². The first-order chi connectivity index (χ1) is 7.63. The van der Waals surface area contributed by atoms with Crippen molar-refractivity contribution in [2.45, 2.75) is 13.0 Å². The standard InChI is InChI=1S/C11H12ClN3O/c1-2-15-9(10(13)14-11(15)16)7-3-5-8(12)6-4-7/h3-6,9H,2H2,1H3,(H2,13,14,16). The summed E-state index contributed by atoms with van der Waals surface area (Å²) in [6.45, 7) is 2.46. The minimum absolute atomic E-state index is 0.215. The van der Waals surface area contributed by atoms with Gasteiger partial charge in [-0.1, -0.05) is 23.7 Å². The van der Waals surface area contributed by atoms with Crippen LogP contribution >= 0.6 is 11.6 Å². The highest BCUT2D eigenvalue weighted by atomic mass is 35.5. The fourth-order valence-electron chi connectivity index (χ4n) is 1.85. The Morgan fingerprint density at radius 1 is 1.44 bits per heavy atom. The molecule has 1 unspecified atom stereocenters. The van der Waals surface area contributed by atoms with Crippen LogP contribution in [-0.2, 0) is 0 Å². The number of amidine groups is 1. The SMILES string of the molecule is CCN1C(=O)NC(=N)C1c1ccc(Cl)cc1. The molecule has 1 heterocycles. The molecular weight excluding hydrogens is 226 g/mol. The molecule has 1 aromatic rings. The van der Waals surface area contributed by atoms with Gasteiger partial charge in [-0.2, -0.15) is 0 Å². The van der Waals surface area contributed by atoms with Crippen molar-refractivity contribution in [1.29, 1.82) is 5.41 Å². The highest BCUT2D eigenvalue weighted by Crippen LogP contribution is 2.26. The van der Waals surface area contributed by atoms with Gasteiger partial charge in [0.2, 0.25) is 0 Å². The van der Waals surface area contributed by atoms with Crippen LogP contribution in [0.2, 0.25) is 5.02 Å². The maximum atomic E-state index is 11.5. The second-order valence-corrected chi connectivity index (χ2v) is 4.02. The van der Waals surface area contributed by atoms with Crippen molar-refractivity contribution in [2.75, 3.05) is 6.54 Å². The van der Waals surface area contributed by atoms with Crippen LogP contribution < -0.4 is 5.32 Å². The molecule has 16 heavy (non-hydrogen) atoms. The van der Waals surface area contributed by atoms with E-state index >= 15 is 0 Å². The molecule has 1 aliphatic rings. The van der Waals surface area contributed by atoms with Gasteiger partial charge in [0.25, 0.3) is 0 Å². The van der Waals surface area contributed by atoms with Gasteiger partial charge in [0.15, 0.2) is 0 Å². The molecule has 0 aliphatic carbocycles. The quantitative estimate of drug-likeness (QED) is 0.815. The molecule has 1 aliphatic heterocycles. The number of hydrogen-bond donors (Lipinski definition) is 2. The van der Waals surface area contributed by atoms with Gasteiger partial charge in [-0.25, -0.2) is 4.79 Å². The van der Waals surface area contributed by atoms with Gasteiger partial charge >= 0.3 is 6.03 Å². The van der Waals surface area contributed by atoms with E-state index in [9.17, 15) is 4.79 Å². The lowest BCUT2D eigenvalue weighted by Crippen LogP contribution is -2.29. The average Bonchev–Trinajstić information content (AvgIpc) is 2.54. The second-order valence-electron chi connectivity index (χ2n) is 3.58. The number of hydrogen-bond acceptors (Lipinski definition) is 2. The summed E-state index contributed by atoms with van der Waals surface area (Å²) in [5.74, 6) is 0.217. The largest absolute Gasteiger partial charge is 0.323 e. The summed E-state index contributed by atoms with van der Waals surface area (Å²) in [5.41, 5.74) is 0.898. The van der Waals surface area contributed by atoms with Crippen molar-refractivity contribution in [3.63, 3.8) is 0 Å². The average molecular weight is 238 g/mol. The summed E-state index contributed by atoms with van der Waals surface area (Å²) >= 11 is 5.80. The van der Waals surface area contributed by atoms with Crippen LogP contribution in [0.25, 0.3) is 0 Å². The summed E-state index contributed by atoms with van der Waals surface area (Å²) in [6.07, 6.45) is 0. The molecule has 1 atom stereocenters. The lowest BCUT2D eigenvalue weighted by molar-refractivity contribution is 0.209. The Morgan fingerprint density at radius 3 is 2.62 bits per heavy atom. The predicted octanol–water partition coefficient (Wildman–Crippen LogP) is 2.40. The van der Waals surface area contributed by atoms with Crippen molar-refractivity contribution in [2.24, 2.45) is 0 Å². The van der Waals surface area contributed by atoms with Crippen LogP contribution in [0.4, 0.5) is 4.79 Å². The molecule has 1 fully saturated rings. The Kier molecular flexibility index (Phi) is 2.83. The topological polar surface area (TPSA) is 56.2 Å². The molecule has 2 amide bonds. The fraction of sp³-hybridized carbons (Fsp3) is 0.273. The lowest BCUT2D eigenvalue weighted by Gasteiger charge is -2.21. The van der Waals surface area contributed by atoms with E-state index < -0.39 is 0 Å². The summed E-state index contributed by atoms with van der Waals surface area (Å²) in [5, 5.41) is 10.9. The Morgan fingerprint density at radius 2 is 2.06 bits per heavy atom. The van der Waals surface area contributed by atoms with Crippen LogP contribution in [0.15, 0.2) is 24.3 Å². The van der Waals surface area contributed by atoms with Gasteiger partial charge in [-0.3, -0.25) is 10.7 Å². The number of halogens is 1. The Labute approximate surface area is 98.7 Å². The number of urea groups is 1. The molecule has 0 spiro atoms. The molecule has 0 bridgehead atoms. The van der Waals surface area contributed by atoms with Crippen molar-refractivity contribution < 1.29 is 4.79 Å². The van der Waals surface area contributed by atoms with E-state index in [2.05, 4.69) is 5.32 Å². The maximum absolute atomic E-state index is 11.5. The predicted molar refractivity (Wildman–Crippen MR) is 62.8 cm³/mol. The van der Waals surface area contributed by atoms with Crippen molar-refractivity contribution in [3.05, 3.63) is 34.9 Å². The van der Waals surface area contributed by atoms with E-state index in [1.807, 2.05) is 19.1 Å². The first-order valence-electron chi connectivity index (χ1n) is 5.05. The van der Waals surface area contributed by atoms with Crippen LogP contribution in [0.3, 0.4) is 0 Å². The van der Waals surface area contributed by atoms with Crippen LogP contribution in [0.1, 0.15) is 18.5 Å². The van der Waals surface area contributed by atoms with E-state index in [-0.39, 0.29) is 17.9 Å². The number of benzene rings is 1. The highest BCUT2D eigenvalue weighted by Gasteiger charge is 2.35. The Bertz CT molecular complexity index is 429. The van der Waals surface area contributed by atoms with Gasteiger partial charge in [0.1, 0.15) is 11.9 Å². The first kappa shape index (κ1) is 11.0. The maximum Gasteiger partial charge on any atom is 0.323 e. The molecule has 0 saturated carbocycles. The number of amides is 2. The van der Waals surface area contributed by atoms with Crippen molar-refractivity contribution >= 4 is 23.5 Å². The normalized spacial score (nSPS) is 20.1. The number of nitrogens with one attached hydrogen (secondary N) is 2. The van der Waals surface area contributed by atoms with Crippen molar-refractivity contribution in [1.82, 2.24) is 10.2 Å². The smallest absolute Gasteiger partial charge is 0.310 e. The molecule has 5 heteroatoms. The molecule has 84 valence electrons. The second kappa shape index (κ2) is 4.14. The molecule has 1 aromatic carbocycles. The lowest BCUT2D eigenvalue weighted by atomic mass is 10.1. The van der Waals surface area contributed by atoms with E-state index in [1.54, 1.807) is 17.0 Å². The zero-order valence-electron chi connectivity index (χ0n) is 8.83. The molecule has 2 rings (SSSR count). The molecule has 4 nitrogen and oxygen atoms in total. The third-order valence-corrected chi connectivity index (χ3v) is 2.87. The zero-order valence-corrected chi connectivity index (χ0v) is 9.58. The monoisotopic (exact) mass is 237 g/mol. The van der Waals surface area contributed by atoms with E-state index in [0.29, 0.717) is 11.6 Å². The van der Waals surface area contributed by atoms with Gasteiger partial charge in [-0.05, 0) is 24.6 Å². The molecular formula is C11H12ClN3O. The van der Waals surface area contributed by atoms with E-state index in [4.69, 9.17) is 17.0 Å².